The molecule has 2 aromatic carbocycles. The van der Waals surface area contributed by atoms with Crippen molar-refractivity contribution in [1.29, 1.82) is 0 Å². The van der Waals surface area contributed by atoms with Gasteiger partial charge in [-0.25, -0.2) is 17.1 Å². The molecule has 2 aromatic rings. The molecule has 22 heavy (non-hydrogen) atoms. The summed E-state index contributed by atoms with van der Waals surface area (Å²) < 4.78 is 43.7. The van der Waals surface area contributed by atoms with E-state index in [1.807, 2.05) is 30.3 Å². The minimum absolute atomic E-state index is 0.0209. The van der Waals surface area contributed by atoms with Gasteiger partial charge in [-0.05, 0) is 29.8 Å². The van der Waals surface area contributed by atoms with Crippen LogP contribution in [0.15, 0.2) is 54.6 Å². The van der Waals surface area contributed by atoms with Gasteiger partial charge in [-0.1, -0.05) is 30.3 Å². The fraction of sp³-hybridized carbons (Fsp3) is 0.250. The van der Waals surface area contributed by atoms with Crippen LogP contribution < -0.4 is 4.74 Å². The summed E-state index contributed by atoms with van der Waals surface area (Å²) >= 11 is 0. The summed E-state index contributed by atoms with van der Waals surface area (Å²) in [5, 5.41) is 0. The molecule has 0 amide bonds. The molecular weight excluding hydrogens is 305 g/mol. The maximum Gasteiger partial charge on any atom is 0.217 e. The maximum atomic E-state index is 12.8. The Labute approximate surface area is 130 Å². The van der Waals surface area contributed by atoms with Crippen LogP contribution in [0.25, 0.3) is 0 Å². The Morgan fingerprint density at radius 1 is 1.05 bits per heavy atom. The molecular formula is C16H18FNO3S. The van der Waals surface area contributed by atoms with Gasteiger partial charge in [0.15, 0.2) is 0 Å². The van der Waals surface area contributed by atoms with Crippen LogP contribution in [0.5, 0.6) is 5.75 Å². The van der Waals surface area contributed by atoms with Crippen LogP contribution in [0.1, 0.15) is 5.56 Å². The van der Waals surface area contributed by atoms with Gasteiger partial charge in [0.25, 0.3) is 0 Å². The Morgan fingerprint density at radius 2 is 1.68 bits per heavy atom. The van der Waals surface area contributed by atoms with Gasteiger partial charge < -0.3 is 4.74 Å². The molecule has 0 N–H and O–H groups in total. The molecule has 4 nitrogen and oxygen atoms in total. The average molecular weight is 323 g/mol. The van der Waals surface area contributed by atoms with Crippen LogP contribution in [0.4, 0.5) is 4.39 Å². The van der Waals surface area contributed by atoms with E-state index in [0.717, 1.165) is 5.56 Å². The summed E-state index contributed by atoms with van der Waals surface area (Å²) in [6.07, 6.45) is 0. The second-order valence-corrected chi connectivity index (χ2v) is 7.06. The molecule has 0 aliphatic carbocycles. The number of halogens is 1. The Hall–Kier alpha value is -1.92. The Bertz CT molecular complexity index is 687. The topological polar surface area (TPSA) is 46.6 Å². The van der Waals surface area contributed by atoms with Crippen LogP contribution >= 0.6 is 0 Å². The van der Waals surface area contributed by atoms with Crippen LogP contribution in [0, 0.1) is 5.82 Å². The molecule has 0 aromatic heterocycles. The quantitative estimate of drug-likeness (QED) is 0.787. The molecule has 0 unspecified atom stereocenters. The second-order valence-electron chi connectivity index (χ2n) is 4.86. The highest BCUT2D eigenvalue weighted by Gasteiger charge is 2.18. The molecule has 0 heterocycles. The zero-order valence-electron chi connectivity index (χ0n) is 12.3. The smallest absolute Gasteiger partial charge is 0.217 e. The summed E-state index contributed by atoms with van der Waals surface area (Å²) in [6, 6.07) is 14.8. The molecule has 0 saturated heterocycles. The van der Waals surface area contributed by atoms with Gasteiger partial charge in [0.05, 0.1) is 5.75 Å². The van der Waals surface area contributed by atoms with Crippen molar-refractivity contribution in [3.63, 3.8) is 0 Å². The first kappa shape index (κ1) is 16.5. The van der Waals surface area contributed by atoms with E-state index in [9.17, 15) is 12.8 Å². The van der Waals surface area contributed by atoms with Crippen LogP contribution in [0.3, 0.4) is 0 Å². The van der Waals surface area contributed by atoms with E-state index in [1.54, 1.807) is 7.05 Å². The number of sulfonamides is 1. The van der Waals surface area contributed by atoms with E-state index >= 15 is 0 Å². The normalized spacial score (nSPS) is 11.6. The fourth-order valence-electron chi connectivity index (χ4n) is 1.89. The second kappa shape index (κ2) is 7.38. The molecule has 6 heteroatoms. The van der Waals surface area contributed by atoms with Gasteiger partial charge in [0.1, 0.15) is 18.2 Å². The van der Waals surface area contributed by atoms with Crippen molar-refractivity contribution in [3.05, 3.63) is 66.0 Å². The first-order chi connectivity index (χ1) is 10.5. The molecule has 2 rings (SSSR count). The van der Waals surface area contributed by atoms with Crippen molar-refractivity contribution in [2.24, 2.45) is 0 Å². The molecule has 0 saturated carbocycles. The highest BCUT2D eigenvalue weighted by molar-refractivity contribution is 7.89. The lowest BCUT2D eigenvalue weighted by Crippen LogP contribution is -2.31. The van der Waals surface area contributed by atoms with E-state index in [0.29, 0.717) is 12.3 Å². The lowest BCUT2D eigenvalue weighted by Gasteiger charge is -2.17. The van der Waals surface area contributed by atoms with E-state index in [1.165, 1.54) is 28.6 Å². The van der Waals surface area contributed by atoms with Crippen molar-refractivity contribution in [2.45, 2.75) is 6.54 Å². The lowest BCUT2D eigenvalue weighted by atomic mass is 10.2. The predicted octanol–water partition coefficient (Wildman–Crippen LogP) is 2.67. The van der Waals surface area contributed by atoms with E-state index in [2.05, 4.69) is 0 Å². The number of hydrogen-bond donors (Lipinski definition) is 0. The average Bonchev–Trinajstić information content (AvgIpc) is 2.50. The summed E-state index contributed by atoms with van der Waals surface area (Å²) in [6.45, 7) is 0.340. The van der Waals surface area contributed by atoms with E-state index in [4.69, 9.17) is 4.74 Å². The Morgan fingerprint density at radius 3 is 2.32 bits per heavy atom. The van der Waals surface area contributed by atoms with Gasteiger partial charge in [-0.3, -0.25) is 0 Å². The predicted molar refractivity (Wildman–Crippen MR) is 83.6 cm³/mol. The third-order valence-electron chi connectivity index (χ3n) is 3.15. The van der Waals surface area contributed by atoms with Gasteiger partial charge in [-0.2, -0.15) is 0 Å². The Balaban J connectivity index is 1.86. The van der Waals surface area contributed by atoms with E-state index < -0.39 is 10.0 Å². The summed E-state index contributed by atoms with van der Waals surface area (Å²) in [5.74, 6) is -0.0434. The molecule has 0 aliphatic rings. The van der Waals surface area contributed by atoms with Crippen molar-refractivity contribution in [2.75, 3.05) is 19.4 Å². The largest absolute Gasteiger partial charge is 0.492 e. The minimum Gasteiger partial charge on any atom is -0.492 e. The highest BCUT2D eigenvalue weighted by Crippen LogP contribution is 2.12. The monoisotopic (exact) mass is 323 g/mol. The molecule has 0 bridgehead atoms. The zero-order chi connectivity index (χ0) is 16.0. The zero-order valence-corrected chi connectivity index (χ0v) is 13.1. The SMILES string of the molecule is CN(Cc1ccccc1)S(=O)(=O)CCOc1ccc(F)cc1. The van der Waals surface area contributed by atoms with Gasteiger partial charge in [0.2, 0.25) is 10.0 Å². The van der Waals surface area contributed by atoms with Crippen LogP contribution in [-0.2, 0) is 16.6 Å². The first-order valence-corrected chi connectivity index (χ1v) is 8.44. The van der Waals surface area contributed by atoms with Crippen molar-refractivity contribution in [1.82, 2.24) is 4.31 Å². The summed E-state index contributed by atoms with van der Waals surface area (Å²) in [5.41, 5.74) is 0.924. The number of benzene rings is 2. The van der Waals surface area contributed by atoms with E-state index in [-0.39, 0.29) is 18.2 Å². The molecule has 0 aliphatic heterocycles. The number of ether oxygens (including phenoxy) is 1. The van der Waals surface area contributed by atoms with Gasteiger partial charge >= 0.3 is 0 Å². The molecule has 0 radical (unpaired) electrons. The van der Waals surface area contributed by atoms with Crippen LogP contribution in [-0.4, -0.2) is 32.1 Å². The molecule has 118 valence electrons. The molecule has 0 atom stereocenters. The van der Waals surface area contributed by atoms with Gasteiger partial charge in [-0.15, -0.1) is 0 Å². The van der Waals surface area contributed by atoms with Crippen molar-refractivity contribution >= 4 is 10.0 Å². The Kier molecular flexibility index (Phi) is 5.51. The summed E-state index contributed by atoms with van der Waals surface area (Å²) in [4.78, 5) is 0. The van der Waals surface area contributed by atoms with Crippen molar-refractivity contribution < 1.29 is 17.5 Å². The lowest BCUT2D eigenvalue weighted by molar-refractivity contribution is 0.336. The number of hydrogen-bond acceptors (Lipinski definition) is 3. The third-order valence-corrected chi connectivity index (χ3v) is 4.91. The number of nitrogens with zero attached hydrogens (tertiary/aromatic N) is 1. The summed E-state index contributed by atoms with van der Waals surface area (Å²) in [7, 11) is -1.86. The fourth-order valence-corrected chi connectivity index (χ4v) is 2.84. The molecule has 0 fully saturated rings. The number of rotatable bonds is 7. The highest BCUT2D eigenvalue weighted by atomic mass is 32.2. The maximum absolute atomic E-state index is 12.8. The third kappa shape index (κ3) is 4.82. The first-order valence-electron chi connectivity index (χ1n) is 6.84. The van der Waals surface area contributed by atoms with Crippen molar-refractivity contribution in [3.8, 4) is 5.75 Å². The standard InChI is InChI=1S/C16H18FNO3S/c1-18(13-14-5-3-2-4-6-14)22(19,20)12-11-21-16-9-7-15(17)8-10-16/h2-10H,11-13H2,1H3. The molecule has 0 spiro atoms. The minimum atomic E-state index is -3.40. The van der Waals surface area contributed by atoms with Crippen LogP contribution in [0.2, 0.25) is 0 Å². The van der Waals surface area contributed by atoms with Gasteiger partial charge in [0, 0.05) is 13.6 Å².